The average Bonchev–Trinajstić information content (AvgIpc) is 2.46. The van der Waals surface area contributed by atoms with Crippen molar-refractivity contribution in [3.8, 4) is 0 Å². The molecule has 1 aliphatic rings. The highest BCUT2D eigenvalue weighted by molar-refractivity contribution is 5.23. The highest BCUT2D eigenvalue weighted by Crippen LogP contribution is 2.27. The Bertz CT molecular complexity index is 439. The summed E-state index contributed by atoms with van der Waals surface area (Å²) in [4.78, 5) is 2.06. The van der Waals surface area contributed by atoms with E-state index in [2.05, 4.69) is 4.90 Å². The molecule has 1 aliphatic heterocycles. The van der Waals surface area contributed by atoms with Gasteiger partial charge in [0.25, 0.3) is 0 Å². The minimum atomic E-state index is -1.44. The van der Waals surface area contributed by atoms with E-state index in [0.29, 0.717) is 5.56 Å². The van der Waals surface area contributed by atoms with Gasteiger partial charge in [-0.25, -0.2) is 13.2 Å². The molecule has 0 amide bonds. The average molecular weight is 288 g/mol. The third-order valence-electron chi connectivity index (χ3n) is 3.86. The van der Waals surface area contributed by atoms with Gasteiger partial charge in [-0.15, -0.1) is 0 Å². The van der Waals surface area contributed by atoms with Gasteiger partial charge in [0.15, 0.2) is 17.5 Å². The van der Waals surface area contributed by atoms with Gasteiger partial charge in [0.2, 0.25) is 0 Å². The van der Waals surface area contributed by atoms with Gasteiger partial charge in [-0.3, -0.25) is 4.90 Å². The molecule has 3 nitrogen and oxygen atoms in total. The number of hydrogen-bond donors (Lipinski definition) is 1. The van der Waals surface area contributed by atoms with Crippen LogP contribution >= 0.6 is 0 Å². The number of nitrogens with two attached hydrogens (primary N) is 1. The van der Waals surface area contributed by atoms with Crippen LogP contribution in [0.2, 0.25) is 0 Å². The molecule has 2 N–H and O–H groups in total. The van der Waals surface area contributed by atoms with Crippen LogP contribution in [-0.2, 0) is 4.74 Å². The molecule has 1 aromatic carbocycles. The summed E-state index contributed by atoms with van der Waals surface area (Å²) in [6, 6.07) is 1.74. The van der Waals surface area contributed by atoms with Gasteiger partial charge in [0, 0.05) is 32.8 Å². The topological polar surface area (TPSA) is 38.5 Å². The van der Waals surface area contributed by atoms with E-state index in [9.17, 15) is 13.2 Å². The predicted octanol–water partition coefficient (Wildman–Crippen LogP) is 2.21. The van der Waals surface area contributed by atoms with Crippen LogP contribution in [0.5, 0.6) is 0 Å². The lowest BCUT2D eigenvalue weighted by Crippen LogP contribution is -2.41. The van der Waals surface area contributed by atoms with Gasteiger partial charge < -0.3 is 10.5 Å². The largest absolute Gasteiger partial charge is 0.381 e. The number of halogens is 3. The van der Waals surface area contributed by atoms with E-state index in [4.69, 9.17) is 10.5 Å². The lowest BCUT2D eigenvalue weighted by Gasteiger charge is -2.36. The second-order valence-electron chi connectivity index (χ2n) is 5.02. The van der Waals surface area contributed by atoms with Crippen molar-refractivity contribution in [3.05, 3.63) is 35.1 Å². The monoisotopic (exact) mass is 288 g/mol. The Balaban J connectivity index is 2.16. The minimum Gasteiger partial charge on any atom is -0.381 e. The molecule has 0 spiro atoms. The Morgan fingerprint density at radius 3 is 2.25 bits per heavy atom. The van der Waals surface area contributed by atoms with Crippen LogP contribution < -0.4 is 5.73 Å². The second kappa shape index (κ2) is 6.56. The zero-order chi connectivity index (χ0) is 14.7. The third-order valence-corrected chi connectivity index (χ3v) is 3.86. The van der Waals surface area contributed by atoms with Crippen molar-refractivity contribution in [2.45, 2.75) is 25.0 Å². The fourth-order valence-electron chi connectivity index (χ4n) is 2.69. The first-order valence-electron chi connectivity index (χ1n) is 6.68. The van der Waals surface area contributed by atoms with E-state index in [0.717, 1.165) is 38.1 Å². The highest BCUT2D eigenvalue weighted by Gasteiger charge is 2.26. The van der Waals surface area contributed by atoms with Crippen LogP contribution in [0.3, 0.4) is 0 Å². The van der Waals surface area contributed by atoms with Crippen molar-refractivity contribution in [3.63, 3.8) is 0 Å². The Morgan fingerprint density at radius 1 is 1.25 bits per heavy atom. The molecule has 1 heterocycles. The summed E-state index contributed by atoms with van der Waals surface area (Å²) in [5, 5.41) is 0. The molecule has 0 aliphatic carbocycles. The molecule has 1 aromatic rings. The van der Waals surface area contributed by atoms with Crippen molar-refractivity contribution in [2.75, 3.05) is 26.7 Å². The van der Waals surface area contributed by atoms with Gasteiger partial charge in [-0.2, -0.15) is 0 Å². The molecule has 6 heteroatoms. The summed E-state index contributed by atoms with van der Waals surface area (Å²) in [6.45, 7) is 1.70. The molecular weight excluding hydrogens is 269 g/mol. The number of benzene rings is 1. The molecule has 0 bridgehead atoms. The lowest BCUT2D eigenvalue weighted by atomic mass is 10.00. The summed E-state index contributed by atoms with van der Waals surface area (Å²) in [6.07, 6.45) is 1.91. The van der Waals surface area contributed by atoms with Gasteiger partial charge in [-0.05, 0) is 30.5 Å². The van der Waals surface area contributed by atoms with Crippen LogP contribution in [0.15, 0.2) is 12.1 Å². The zero-order valence-corrected chi connectivity index (χ0v) is 11.4. The van der Waals surface area contributed by atoms with Crippen molar-refractivity contribution in [1.29, 1.82) is 0 Å². The van der Waals surface area contributed by atoms with Crippen LogP contribution in [0.25, 0.3) is 0 Å². The van der Waals surface area contributed by atoms with Gasteiger partial charge in [0.1, 0.15) is 0 Å². The minimum absolute atomic E-state index is 0.214. The maximum Gasteiger partial charge on any atom is 0.194 e. The normalized spacial score (nSPS) is 19.2. The number of rotatable bonds is 4. The lowest BCUT2D eigenvalue weighted by molar-refractivity contribution is 0.0279. The standard InChI is InChI=1S/C14H19F3N2O/c1-20-10-2-4-19(5-3-10)13(8-18)9-6-11(15)14(17)12(16)7-9/h6-7,10,13H,2-5,8,18H2,1H3. The number of piperidine rings is 1. The van der Waals surface area contributed by atoms with E-state index in [-0.39, 0.29) is 18.7 Å². The summed E-state index contributed by atoms with van der Waals surface area (Å²) in [5.74, 6) is -3.79. The van der Waals surface area contributed by atoms with Crippen molar-refractivity contribution in [1.82, 2.24) is 4.90 Å². The number of likely N-dealkylation sites (tertiary alicyclic amines) is 1. The van der Waals surface area contributed by atoms with Crippen LogP contribution in [0.4, 0.5) is 13.2 Å². The molecule has 0 radical (unpaired) electrons. The van der Waals surface area contributed by atoms with Crippen LogP contribution in [0, 0.1) is 17.5 Å². The highest BCUT2D eigenvalue weighted by atomic mass is 19.2. The third kappa shape index (κ3) is 3.13. The summed E-state index contributed by atoms with van der Waals surface area (Å²) < 4.78 is 44.9. The van der Waals surface area contributed by atoms with Crippen molar-refractivity contribution in [2.24, 2.45) is 5.73 Å². The molecule has 0 saturated carbocycles. The Kier molecular flexibility index (Phi) is 5.01. The van der Waals surface area contributed by atoms with E-state index < -0.39 is 17.5 Å². The Labute approximate surface area is 116 Å². The van der Waals surface area contributed by atoms with E-state index >= 15 is 0 Å². The van der Waals surface area contributed by atoms with Gasteiger partial charge in [-0.1, -0.05) is 0 Å². The fourth-order valence-corrected chi connectivity index (χ4v) is 2.69. The Morgan fingerprint density at radius 2 is 1.80 bits per heavy atom. The smallest absolute Gasteiger partial charge is 0.194 e. The number of nitrogens with zero attached hydrogens (tertiary/aromatic N) is 1. The first-order chi connectivity index (χ1) is 9.56. The molecule has 1 atom stereocenters. The molecule has 1 fully saturated rings. The van der Waals surface area contributed by atoms with Crippen molar-refractivity contribution < 1.29 is 17.9 Å². The maximum absolute atomic E-state index is 13.3. The van der Waals surface area contributed by atoms with E-state index in [1.165, 1.54) is 0 Å². The Hall–Kier alpha value is -1.11. The van der Waals surface area contributed by atoms with Gasteiger partial charge >= 0.3 is 0 Å². The molecule has 0 aromatic heterocycles. The molecule has 112 valence electrons. The predicted molar refractivity (Wildman–Crippen MR) is 69.7 cm³/mol. The summed E-state index contributed by atoms with van der Waals surface area (Å²) in [5.41, 5.74) is 6.10. The van der Waals surface area contributed by atoms with Crippen molar-refractivity contribution >= 4 is 0 Å². The van der Waals surface area contributed by atoms with E-state index in [1.807, 2.05) is 0 Å². The fraction of sp³-hybridized carbons (Fsp3) is 0.571. The SMILES string of the molecule is COC1CCN(C(CN)c2cc(F)c(F)c(F)c2)CC1. The summed E-state index contributed by atoms with van der Waals surface area (Å²) in [7, 11) is 1.67. The second-order valence-corrected chi connectivity index (χ2v) is 5.02. The summed E-state index contributed by atoms with van der Waals surface area (Å²) >= 11 is 0. The number of hydrogen-bond acceptors (Lipinski definition) is 3. The van der Waals surface area contributed by atoms with Gasteiger partial charge in [0.05, 0.1) is 6.10 Å². The molecule has 1 unspecified atom stereocenters. The number of methoxy groups -OCH3 is 1. The maximum atomic E-state index is 13.3. The number of ether oxygens (including phenoxy) is 1. The first kappa shape index (κ1) is 15.3. The van der Waals surface area contributed by atoms with E-state index in [1.54, 1.807) is 7.11 Å². The molecular formula is C14H19F3N2O. The van der Waals surface area contributed by atoms with Crippen LogP contribution in [-0.4, -0.2) is 37.7 Å². The molecule has 1 saturated heterocycles. The molecule has 2 rings (SSSR count). The van der Waals surface area contributed by atoms with Crippen LogP contribution in [0.1, 0.15) is 24.4 Å². The molecule has 20 heavy (non-hydrogen) atoms. The first-order valence-corrected chi connectivity index (χ1v) is 6.68. The zero-order valence-electron chi connectivity index (χ0n) is 11.4. The quantitative estimate of drug-likeness (QED) is 0.863.